The number of amides is 1. The van der Waals surface area contributed by atoms with Crippen LogP contribution in [-0.2, 0) is 4.74 Å². The van der Waals surface area contributed by atoms with E-state index in [9.17, 15) is 4.79 Å². The molecular formula is C15H30N2O2. The van der Waals surface area contributed by atoms with Crippen LogP contribution in [0.25, 0.3) is 0 Å². The highest BCUT2D eigenvalue weighted by atomic mass is 16.6. The molecule has 1 fully saturated rings. The van der Waals surface area contributed by atoms with Gasteiger partial charge >= 0.3 is 6.09 Å². The number of hydrogen-bond acceptors (Lipinski definition) is 3. The van der Waals surface area contributed by atoms with Crippen molar-refractivity contribution in [3.05, 3.63) is 0 Å². The maximum absolute atomic E-state index is 11.7. The van der Waals surface area contributed by atoms with Crippen molar-refractivity contribution < 1.29 is 9.53 Å². The highest BCUT2D eigenvalue weighted by molar-refractivity contribution is 5.67. The lowest BCUT2D eigenvalue weighted by atomic mass is 9.84. The summed E-state index contributed by atoms with van der Waals surface area (Å²) in [7, 11) is 0. The smallest absolute Gasteiger partial charge is 0.407 e. The van der Waals surface area contributed by atoms with E-state index in [0.29, 0.717) is 12.0 Å². The summed E-state index contributed by atoms with van der Waals surface area (Å²) in [4.78, 5) is 11.7. The quantitative estimate of drug-likeness (QED) is 0.807. The molecule has 1 rings (SSSR count). The van der Waals surface area contributed by atoms with Crippen LogP contribution in [0.4, 0.5) is 4.79 Å². The lowest BCUT2D eigenvalue weighted by Crippen LogP contribution is -2.45. The first-order valence-corrected chi connectivity index (χ1v) is 7.62. The Morgan fingerprint density at radius 2 is 1.95 bits per heavy atom. The SMILES string of the molecule is CCCNC1CCCCC1CNC(=O)OC(C)(C)C. The van der Waals surface area contributed by atoms with Crippen LogP contribution < -0.4 is 10.6 Å². The molecule has 1 aliphatic carbocycles. The van der Waals surface area contributed by atoms with Gasteiger partial charge in [0.1, 0.15) is 5.60 Å². The fourth-order valence-electron chi connectivity index (χ4n) is 2.58. The van der Waals surface area contributed by atoms with E-state index in [-0.39, 0.29) is 6.09 Å². The molecule has 0 aromatic carbocycles. The standard InChI is InChI=1S/C15H30N2O2/c1-5-10-16-13-9-7-6-8-12(13)11-17-14(18)19-15(2,3)4/h12-13,16H,5-11H2,1-4H3,(H,17,18). The molecule has 0 heterocycles. The first kappa shape index (κ1) is 16.3. The molecule has 2 unspecified atom stereocenters. The van der Waals surface area contributed by atoms with Crippen molar-refractivity contribution in [2.75, 3.05) is 13.1 Å². The van der Waals surface area contributed by atoms with Crippen LogP contribution in [-0.4, -0.2) is 30.8 Å². The van der Waals surface area contributed by atoms with Gasteiger partial charge in [-0.1, -0.05) is 19.8 Å². The van der Waals surface area contributed by atoms with Crippen LogP contribution in [0.2, 0.25) is 0 Å². The zero-order chi connectivity index (χ0) is 14.3. The van der Waals surface area contributed by atoms with Crippen molar-refractivity contribution in [2.24, 2.45) is 5.92 Å². The van der Waals surface area contributed by atoms with Crippen molar-refractivity contribution in [1.82, 2.24) is 10.6 Å². The number of ether oxygens (including phenoxy) is 1. The Bertz CT molecular complexity index is 274. The number of carbonyl (C=O) groups excluding carboxylic acids is 1. The van der Waals surface area contributed by atoms with Gasteiger partial charge in [0, 0.05) is 12.6 Å². The highest BCUT2D eigenvalue weighted by Gasteiger charge is 2.25. The van der Waals surface area contributed by atoms with E-state index in [2.05, 4.69) is 17.6 Å². The van der Waals surface area contributed by atoms with Crippen molar-refractivity contribution in [1.29, 1.82) is 0 Å². The van der Waals surface area contributed by atoms with Gasteiger partial charge in [0.2, 0.25) is 0 Å². The van der Waals surface area contributed by atoms with Gasteiger partial charge in [-0.05, 0) is 52.5 Å². The number of alkyl carbamates (subject to hydrolysis) is 1. The van der Waals surface area contributed by atoms with Gasteiger partial charge in [-0.15, -0.1) is 0 Å². The van der Waals surface area contributed by atoms with E-state index >= 15 is 0 Å². The van der Waals surface area contributed by atoms with Crippen molar-refractivity contribution in [2.45, 2.75) is 71.4 Å². The minimum absolute atomic E-state index is 0.299. The molecule has 1 amide bonds. The number of rotatable bonds is 5. The zero-order valence-electron chi connectivity index (χ0n) is 12.9. The first-order valence-electron chi connectivity index (χ1n) is 7.62. The van der Waals surface area contributed by atoms with E-state index in [0.717, 1.165) is 19.5 Å². The van der Waals surface area contributed by atoms with E-state index in [4.69, 9.17) is 4.74 Å². The van der Waals surface area contributed by atoms with Crippen LogP contribution in [0.3, 0.4) is 0 Å². The minimum Gasteiger partial charge on any atom is -0.444 e. The molecule has 112 valence electrons. The van der Waals surface area contributed by atoms with Crippen LogP contribution in [0.15, 0.2) is 0 Å². The molecule has 0 radical (unpaired) electrons. The van der Waals surface area contributed by atoms with Gasteiger partial charge in [0.15, 0.2) is 0 Å². The van der Waals surface area contributed by atoms with Crippen LogP contribution >= 0.6 is 0 Å². The topological polar surface area (TPSA) is 50.4 Å². The van der Waals surface area contributed by atoms with E-state index in [1.165, 1.54) is 25.7 Å². The lowest BCUT2D eigenvalue weighted by molar-refractivity contribution is 0.0510. The third-order valence-electron chi connectivity index (χ3n) is 3.47. The van der Waals surface area contributed by atoms with Gasteiger partial charge < -0.3 is 15.4 Å². The summed E-state index contributed by atoms with van der Waals surface area (Å²) in [5.74, 6) is 0.535. The number of carbonyl (C=O) groups is 1. The molecule has 2 atom stereocenters. The summed E-state index contributed by atoms with van der Waals surface area (Å²) in [6.07, 6.45) is 5.84. The molecule has 4 nitrogen and oxygen atoms in total. The van der Waals surface area contributed by atoms with E-state index in [1.807, 2.05) is 20.8 Å². The second-order valence-electron chi connectivity index (χ2n) is 6.49. The third-order valence-corrected chi connectivity index (χ3v) is 3.47. The Morgan fingerprint density at radius 1 is 1.26 bits per heavy atom. The normalized spacial score (nSPS) is 24.0. The van der Waals surface area contributed by atoms with Crippen LogP contribution in [0, 0.1) is 5.92 Å². The molecular weight excluding hydrogens is 240 g/mol. The van der Waals surface area contributed by atoms with Crippen LogP contribution in [0.5, 0.6) is 0 Å². The molecule has 0 aromatic heterocycles. The predicted octanol–water partition coefficient (Wildman–Crippen LogP) is 3.07. The molecule has 1 saturated carbocycles. The third kappa shape index (κ3) is 6.81. The maximum atomic E-state index is 11.7. The lowest BCUT2D eigenvalue weighted by Gasteiger charge is -2.32. The fourth-order valence-corrected chi connectivity index (χ4v) is 2.58. The summed E-state index contributed by atoms with van der Waals surface area (Å²) in [5, 5.41) is 6.52. The fraction of sp³-hybridized carbons (Fsp3) is 0.933. The summed E-state index contributed by atoms with van der Waals surface area (Å²) >= 11 is 0. The summed E-state index contributed by atoms with van der Waals surface area (Å²) in [6.45, 7) is 9.63. The largest absolute Gasteiger partial charge is 0.444 e. The first-order chi connectivity index (χ1) is 8.92. The zero-order valence-corrected chi connectivity index (χ0v) is 12.9. The molecule has 0 spiro atoms. The highest BCUT2D eigenvalue weighted by Crippen LogP contribution is 2.24. The van der Waals surface area contributed by atoms with Gasteiger partial charge in [-0.2, -0.15) is 0 Å². The Morgan fingerprint density at radius 3 is 2.58 bits per heavy atom. The molecule has 19 heavy (non-hydrogen) atoms. The number of nitrogens with one attached hydrogen (secondary N) is 2. The molecule has 1 aliphatic rings. The average molecular weight is 270 g/mol. The molecule has 0 aliphatic heterocycles. The maximum Gasteiger partial charge on any atom is 0.407 e. The average Bonchev–Trinajstić information content (AvgIpc) is 2.32. The second kappa shape index (κ2) is 7.73. The van der Waals surface area contributed by atoms with Gasteiger partial charge in [0.25, 0.3) is 0 Å². The Balaban J connectivity index is 2.34. The van der Waals surface area contributed by atoms with Crippen LogP contribution in [0.1, 0.15) is 59.8 Å². The molecule has 2 N–H and O–H groups in total. The predicted molar refractivity (Wildman–Crippen MR) is 78.3 cm³/mol. The Kier molecular flexibility index (Phi) is 6.63. The molecule has 0 aromatic rings. The number of hydrogen-bond donors (Lipinski definition) is 2. The Labute approximate surface area is 117 Å². The monoisotopic (exact) mass is 270 g/mol. The van der Waals surface area contributed by atoms with Gasteiger partial charge in [0.05, 0.1) is 0 Å². The second-order valence-corrected chi connectivity index (χ2v) is 6.49. The summed E-state index contributed by atoms with van der Waals surface area (Å²) in [6, 6.07) is 0.545. The summed E-state index contributed by atoms with van der Waals surface area (Å²) in [5.41, 5.74) is -0.420. The van der Waals surface area contributed by atoms with Crippen molar-refractivity contribution >= 4 is 6.09 Å². The molecule has 0 bridgehead atoms. The minimum atomic E-state index is -0.420. The van der Waals surface area contributed by atoms with Crippen molar-refractivity contribution in [3.8, 4) is 0 Å². The van der Waals surface area contributed by atoms with Crippen molar-refractivity contribution in [3.63, 3.8) is 0 Å². The van der Waals surface area contributed by atoms with Gasteiger partial charge in [-0.3, -0.25) is 0 Å². The van der Waals surface area contributed by atoms with E-state index < -0.39 is 5.60 Å². The Hall–Kier alpha value is -0.770. The molecule has 4 heteroatoms. The molecule has 0 saturated heterocycles. The summed E-state index contributed by atoms with van der Waals surface area (Å²) < 4.78 is 5.27. The van der Waals surface area contributed by atoms with E-state index in [1.54, 1.807) is 0 Å². The van der Waals surface area contributed by atoms with Gasteiger partial charge in [-0.25, -0.2) is 4.79 Å².